The van der Waals surface area contributed by atoms with Gasteiger partial charge in [-0.3, -0.25) is 19.3 Å². The smallest absolute Gasteiger partial charge is 0.244 e. The molecule has 1 heterocycles. The van der Waals surface area contributed by atoms with Crippen LogP contribution < -0.4 is 10.6 Å². The maximum atomic E-state index is 12.5. The molecule has 0 spiro atoms. The molecule has 1 saturated heterocycles. The Balaban J connectivity index is 1.74. The van der Waals surface area contributed by atoms with Gasteiger partial charge in [-0.15, -0.1) is 0 Å². The molecule has 1 fully saturated rings. The van der Waals surface area contributed by atoms with Gasteiger partial charge >= 0.3 is 0 Å². The van der Waals surface area contributed by atoms with Gasteiger partial charge in [0, 0.05) is 19.0 Å². The van der Waals surface area contributed by atoms with Crippen molar-refractivity contribution in [1.82, 2.24) is 15.1 Å². The second-order valence-electron chi connectivity index (χ2n) is 8.37. The number of hydrogen-bond donors (Lipinski definition) is 2. The second kappa shape index (κ2) is 11.3. The number of likely N-dealkylation sites (N-methyl/N-ethyl adjacent to an activating group) is 1. The van der Waals surface area contributed by atoms with E-state index in [0.29, 0.717) is 29.7 Å². The third-order valence-electron chi connectivity index (χ3n) is 5.64. The Morgan fingerprint density at radius 2 is 1.80 bits per heavy atom. The van der Waals surface area contributed by atoms with E-state index in [1.807, 2.05) is 11.8 Å². The summed E-state index contributed by atoms with van der Waals surface area (Å²) in [7, 11) is 1.61. The Morgan fingerprint density at radius 3 is 2.40 bits per heavy atom. The van der Waals surface area contributed by atoms with Crippen molar-refractivity contribution in [3.8, 4) is 0 Å². The molecule has 1 aromatic rings. The minimum atomic E-state index is -0.298. The third-order valence-corrected chi connectivity index (χ3v) is 5.97. The molecule has 1 aliphatic heterocycles. The highest BCUT2D eigenvalue weighted by molar-refractivity contribution is 6.33. The average molecular weight is 437 g/mol. The van der Waals surface area contributed by atoms with E-state index in [-0.39, 0.29) is 42.8 Å². The first-order valence-electron chi connectivity index (χ1n) is 10.5. The van der Waals surface area contributed by atoms with Crippen molar-refractivity contribution in [2.45, 2.75) is 39.7 Å². The van der Waals surface area contributed by atoms with Gasteiger partial charge in [-0.05, 0) is 50.9 Å². The number of nitrogens with one attached hydrogen (secondary N) is 2. The Kier molecular flexibility index (Phi) is 9.11. The lowest BCUT2D eigenvalue weighted by molar-refractivity contribution is -0.135. The summed E-state index contributed by atoms with van der Waals surface area (Å²) in [6.07, 6.45) is 1.47. The predicted octanol–water partition coefficient (Wildman–Crippen LogP) is 2.61. The first kappa shape index (κ1) is 24.2. The van der Waals surface area contributed by atoms with E-state index in [2.05, 4.69) is 24.5 Å². The van der Waals surface area contributed by atoms with Crippen LogP contribution in [-0.4, -0.2) is 66.8 Å². The molecular weight excluding hydrogens is 404 g/mol. The molecule has 1 aliphatic rings. The normalized spacial score (nSPS) is 16.2. The molecular formula is C22H33ClN4O3. The van der Waals surface area contributed by atoms with Crippen LogP contribution in [0.2, 0.25) is 5.02 Å². The number of rotatable bonds is 8. The van der Waals surface area contributed by atoms with Crippen LogP contribution in [0.25, 0.3) is 0 Å². The monoisotopic (exact) mass is 436 g/mol. The molecule has 0 bridgehead atoms. The molecule has 166 valence electrons. The quantitative estimate of drug-likeness (QED) is 0.656. The number of nitrogens with zero attached hydrogens (tertiary/aromatic N) is 2. The highest BCUT2D eigenvalue weighted by Crippen LogP contribution is 2.20. The molecule has 0 aromatic heterocycles. The Morgan fingerprint density at radius 1 is 1.17 bits per heavy atom. The van der Waals surface area contributed by atoms with Crippen molar-refractivity contribution in [2.24, 2.45) is 11.8 Å². The Labute approximate surface area is 184 Å². The van der Waals surface area contributed by atoms with Gasteiger partial charge in [0.1, 0.15) is 0 Å². The van der Waals surface area contributed by atoms with E-state index in [9.17, 15) is 14.4 Å². The number of anilines is 1. The lowest BCUT2D eigenvalue weighted by atomic mass is 9.95. The summed E-state index contributed by atoms with van der Waals surface area (Å²) in [6, 6.07) is 7.13. The first-order valence-corrected chi connectivity index (χ1v) is 10.9. The van der Waals surface area contributed by atoms with E-state index >= 15 is 0 Å². The summed E-state index contributed by atoms with van der Waals surface area (Å²) >= 11 is 6.04. The van der Waals surface area contributed by atoms with Gasteiger partial charge in [-0.2, -0.15) is 0 Å². The summed E-state index contributed by atoms with van der Waals surface area (Å²) in [5.41, 5.74) is 0.525. The molecule has 3 amide bonds. The van der Waals surface area contributed by atoms with Crippen molar-refractivity contribution in [3.05, 3.63) is 29.3 Å². The molecule has 1 atom stereocenters. The van der Waals surface area contributed by atoms with Gasteiger partial charge < -0.3 is 15.5 Å². The molecule has 2 N–H and O–H groups in total. The highest BCUT2D eigenvalue weighted by atomic mass is 35.5. The van der Waals surface area contributed by atoms with Gasteiger partial charge in [0.15, 0.2) is 0 Å². The van der Waals surface area contributed by atoms with E-state index in [1.165, 1.54) is 4.90 Å². The number of benzene rings is 1. The number of piperidine rings is 1. The van der Waals surface area contributed by atoms with Crippen molar-refractivity contribution in [1.29, 1.82) is 0 Å². The number of halogens is 1. The number of carbonyl (C=O) groups is 3. The zero-order valence-corrected chi connectivity index (χ0v) is 19.0. The summed E-state index contributed by atoms with van der Waals surface area (Å²) < 4.78 is 0. The van der Waals surface area contributed by atoms with Crippen molar-refractivity contribution >= 4 is 35.0 Å². The van der Waals surface area contributed by atoms with Crippen LogP contribution in [0.1, 0.15) is 33.6 Å². The lowest BCUT2D eigenvalue weighted by Crippen LogP contribution is -2.47. The fourth-order valence-corrected chi connectivity index (χ4v) is 3.41. The van der Waals surface area contributed by atoms with E-state index in [1.54, 1.807) is 31.3 Å². The van der Waals surface area contributed by atoms with Crippen LogP contribution in [0.3, 0.4) is 0 Å². The SMILES string of the molecule is CC(C)C(C)NC(=O)C1CCN(CC(=O)N(C)CC(=O)Nc2ccccc2Cl)CC1. The van der Waals surface area contributed by atoms with Gasteiger partial charge in [0.05, 0.1) is 23.8 Å². The van der Waals surface area contributed by atoms with Crippen LogP contribution in [-0.2, 0) is 14.4 Å². The topological polar surface area (TPSA) is 81.8 Å². The summed E-state index contributed by atoms with van der Waals surface area (Å²) in [5.74, 6) is 0.0822. The molecule has 0 aliphatic carbocycles. The largest absolute Gasteiger partial charge is 0.353 e. The molecule has 2 rings (SSSR count). The minimum absolute atomic E-state index is 0.00307. The average Bonchev–Trinajstić information content (AvgIpc) is 2.70. The molecule has 1 aromatic carbocycles. The van der Waals surface area contributed by atoms with Crippen molar-refractivity contribution in [3.63, 3.8) is 0 Å². The predicted molar refractivity (Wildman–Crippen MR) is 119 cm³/mol. The molecule has 0 saturated carbocycles. The fraction of sp³-hybridized carbons (Fsp3) is 0.591. The maximum absolute atomic E-state index is 12.5. The highest BCUT2D eigenvalue weighted by Gasteiger charge is 2.27. The maximum Gasteiger partial charge on any atom is 0.244 e. The second-order valence-corrected chi connectivity index (χ2v) is 8.78. The lowest BCUT2D eigenvalue weighted by Gasteiger charge is -2.32. The number of likely N-dealkylation sites (tertiary alicyclic amines) is 1. The molecule has 8 heteroatoms. The molecule has 7 nitrogen and oxygen atoms in total. The van der Waals surface area contributed by atoms with E-state index in [4.69, 9.17) is 11.6 Å². The molecule has 0 radical (unpaired) electrons. The first-order chi connectivity index (χ1) is 14.2. The Hall–Kier alpha value is -2.12. The number of para-hydroxylation sites is 1. The summed E-state index contributed by atoms with van der Waals surface area (Å²) in [5, 5.41) is 6.25. The van der Waals surface area contributed by atoms with Crippen LogP contribution in [0.15, 0.2) is 24.3 Å². The van der Waals surface area contributed by atoms with Crippen LogP contribution in [0, 0.1) is 11.8 Å². The fourth-order valence-electron chi connectivity index (χ4n) is 3.23. The third kappa shape index (κ3) is 7.29. The van der Waals surface area contributed by atoms with E-state index < -0.39 is 0 Å². The zero-order chi connectivity index (χ0) is 22.3. The van der Waals surface area contributed by atoms with Crippen LogP contribution in [0.5, 0.6) is 0 Å². The number of carbonyl (C=O) groups excluding carboxylic acids is 3. The van der Waals surface area contributed by atoms with Crippen molar-refractivity contribution < 1.29 is 14.4 Å². The van der Waals surface area contributed by atoms with E-state index in [0.717, 1.165) is 12.8 Å². The number of amides is 3. The van der Waals surface area contributed by atoms with Gasteiger partial charge in [0.2, 0.25) is 17.7 Å². The standard InChI is InChI=1S/C22H33ClN4O3/c1-15(2)16(3)24-22(30)17-9-11-27(12-10-17)14-21(29)26(4)13-20(28)25-19-8-6-5-7-18(19)23/h5-8,15-17H,9-14H2,1-4H3,(H,24,30)(H,25,28). The van der Waals surface area contributed by atoms with Crippen LogP contribution in [0.4, 0.5) is 5.69 Å². The molecule has 1 unspecified atom stereocenters. The van der Waals surface area contributed by atoms with Crippen LogP contribution >= 0.6 is 11.6 Å². The minimum Gasteiger partial charge on any atom is -0.353 e. The number of hydrogen-bond acceptors (Lipinski definition) is 4. The Bertz CT molecular complexity index is 748. The molecule has 30 heavy (non-hydrogen) atoms. The van der Waals surface area contributed by atoms with Gasteiger partial charge in [0.25, 0.3) is 0 Å². The van der Waals surface area contributed by atoms with Gasteiger partial charge in [-0.25, -0.2) is 0 Å². The summed E-state index contributed by atoms with van der Waals surface area (Å²) in [4.78, 5) is 40.5. The van der Waals surface area contributed by atoms with Gasteiger partial charge in [-0.1, -0.05) is 37.6 Å². The van der Waals surface area contributed by atoms with Crippen molar-refractivity contribution in [2.75, 3.05) is 38.5 Å². The zero-order valence-electron chi connectivity index (χ0n) is 18.3. The summed E-state index contributed by atoms with van der Waals surface area (Å²) in [6.45, 7) is 7.78.